The molecule has 0 saturated heterocycles. The Kier molecular flexibility index (Phi) is 4.22. The number of rotatable bonds is 3. The standard InChI is InChI=1S/C19H21N3O3/c1-10(2)18-21-17-14(8-9-15(24)16(17)11(3)23)19(25)22(18)13-6-4-12(20)5-7-13/h4-11,23-24H,20H2,1-3H3. The fourth-order valence-electron chi connectivity index (χ4n) is 2.95. The molecule has 25 heavy (non-hydrogen) atoms. The predicted molar refractivity (Wildman–Crippen MR) is 98.1 cm³/mol. The molecule has 0 aliphatic carbocycles. The van der Waals surface area contributed by atoms with Crippen LogP contribution in [0.3, 0.4) is 0 Å². The highest BCUT2D eigenvalue weighted by Gasteiger charge is 2.20. The van der Waals surface area contributed by atoms with E-state index in [1.54, 1.807) is 28.8 Å². The third-order valence-electron chi connectivity index (χ3n) is 4.17. The van der Waals surface area contributed by atoms with Crippen molar-refractivity contribution in [1.29, 1.82) is 0 Å². The summed E-state index contributed by atoms with van der Waals surface area (Å²) in [4.78, 5) is 17.8. The number of hydrogen-bond acceptors (Lipinski definition) is 5. The highest BCUT2D eigenvalue weighted by molar-refractivity contribution is 5.84. The molecule has 0 fully saturated rings. The van der Waals surface area contributed by atoms with Crippen molar-refractivity contribution in [1.82, 2.24) is 9.55 Å². The zero-order chi connectivity index (χ0) is 18.3. The van der Waals surface area contributed by atoms with Gasteiger partial charge in [-0.05, 0) is 43.3 Å². The van der Waals surface area contributed by atoms with Gasteiger partial charge in [0.05, 0.1) is 22.7 Å². The van der Waals surface area contributed by atoms with Gasteiger partial charge in [-0.2, -0.15) is 0 Å². The first-order valence-electron chi connectivity index (χ1n) is 8.13. The molecular weight excluding hydrogens is 318 g/mol. The van der Waals surface area contributed by atoms with Gasteiger partial charge in [0.2, 0.25) is 0 Å². The lowest BCUT2D eigenvalue weighted by atomic mass is 10.0. The number of aliphatic hydroxyl groups excluding tert-OH is 1. The molecule has 0 radical (unpaired) electrons. The van der Waals surface area contributed by atoms with E-state index in [1.807, 2.05) is 13.8 Å². The van der Waals surface area contributed by atoms with Crippen LogP contribution in [0.25, 0.3) is 16.6 Å². The molecule has 1 aromatic heterocycles. The van der Waals surface area contributed by atoms with Crippen molar-refractivity contribution in [3.63, 3.8) is 0 Å². The van der Waals surface area contributed by atoms with E-state index in [0.717, 1.165) is 0 Å². The van der Waals surface area contributed by atoms with Crippen LogP contribution in [0, 0.1) is 0 Å². The van der Waals surface area contributed by atoms with E-state index < -0.39 is 6.10 Å². The number of benzene rings is 2. The van der Waals surface area contributed by atoms with Crippen molar-refractivity contribution in [3.05, 3.63) is 58.1 Å². The number of phenolic OH excluding ortho intramolecular Hbond substituents is 1. The molecule has 0 aliphatic rings. The molecule has 3 rings (SSSR count). The number of nitrogens with zero attached hydrogens (tertiary/aromatic N) is 2. The quantitative estimate of drug-likeness (QED) is 0.637. The summed E-state index contributed by atoms with van der Waals surface area (Å²) >= 11 is 0. The third-order valence-corrected chi connectivity index (χ3v) is 4.17. The molecule has 3 aromatic rings. The van der Waals surface area contributed by atoms with Crippen molar-refractivity contribution in [3.8, 4) is 11.4 Å². The largest absolute Gasteiger partial charge is 0.507 e. The van der Waals surface area contributed by atoms with Crippen LogP contribution in [-0.4, -0.2) is 19.8 Å². The van der Waals surface area contributed by atoms with Gasteiger partial charge in [-0.1, -0.05) is 13.8 Å². The van der Waals surface area contributed by atoms with Crippen molar-refractivity contribution in [2.24, 2.45) is 0 Å². The van der Waals surface area contributed by atoms with Crippen LogP contribution >= 0.6 is 0 Å². The Morgan fingerprint density at radius 2 is 1.72 bits per heavy atom. The highest BCUT2D eigenvalue weighted by Crippen LogP contribution is 2.31. The number of hydrogen-bond donors (Lipinski definition) is 3. The van der Waals surface area contributed by atoms with Crippen molar-refractivity contribution in [2.45, 2.75) is 32.8 Å². The molecule has 1 unspecified atom stereocenters. The van der Waals surface area contributed by atoms with Crippen LogP contribution in [0.4, 0.5) is 5.69 Å². The van der Waals surface area contributed by atoms with Crippen molar-refractivity contribution < 1.29 is 10.2 Å². The Hall–Kier alpha value is -2.86. The molecule has 0 amide bonds. The fraction of sp³-hybridized carbons (Fsp3) is 0.263. The Morgan fingerprint density at radius 3 is 2.28 bits per heavy atom. The first-order chi connectivity index (χ1) is 11.8. The normalized spacial score (nSPS) is 12.7. The lowest BCUT2D eigenvalue weighted by molar-refractivity contribution is 0.196. The van der Waals surface area contributed by atoms with Gasteiger partial charge < -0.3 is 15.9 Å². The second kappa shape index (κ2) is 6.22. The molecule has 0 spiro atoms. The maximum atomic E-state index is 13.2. The van der Waals surface area contributed by atoms with Gasteiger partial charge in [0.25, 0.3) is 5.56 Å². The van der Waals surface area contributed by atoms with Gasteiger partial charge >= 0.3 is 0 Å². The van der Waals surface area contributed by atoms with Gasteiger partial charge in [0.1, 0.15) is 11.6 Å². The molecule has 130 valence electrons. The van der Waals surface area contributed by atoms with Gasteiger partial charge in [0.15, 0.2) is 0 Å². The molecule has 1 atom stereocenters. The molecule has 6 heteroatoms. The monoisotopic (exact) mass is 339 g/mol. The second-order valence-corrected chi connectivity index (χ2v) is 6.43. The van der Waals surface area contributed by atoms with Crippen LogP contribution in [0.15, 0.2) is 41.2 Å². The summed E-state index contributed by atoms with van der Waals surface area (Å²) in [5.41, 5.74) is 7.37. The van der Waals surface area contributed by atoms with E-state index >= 15 is 0 Å². The smallest absolute Gasteiger partial charge is 0.265 e. The Morgan fingerprint density at radius 1 is 1.08 bits per heavy atom. The van der Waals surface area contributed by atoms with E-state index in [0.29, 0.717) is 28.1 Å². The summed E-state index contributed by atoms with van der Waals surface area (Å²) in [7, 11) is 0. The second-order valence-electron chi connectivity index (χ2n) is 6.43. The molecule has 0 saturated carbocycles. The minimum atomic E-state index is -0.942. The first kappa shape index (κ1) is 17.0. The predicted octanol–water partition coefficient (Wildman–Crippen LogP) is 2.85. The Bertz CT molecular complexity index is 989. The van der Waals surface area contributed by atoms with Gasteiger partial charge in [-0.3, -0.25) is 9.36 Å². The zero-order valence-electron chi connectivity index (χ0n) is 14.4. The number of nitrogens with two attached hydrogens (primary N) is 1. The summed E-state index contributed by atoms with van der Waals surface area (Å²) in [6, 6.07) is 9.94. The fourth-order valence-corrected chi connectivity index (χ4v) is 2.95. The molecule has 1 heterocycles. The number of fused-ring (bicyclic) bond motifs is 1. The number of aromatic hydroxyl groups is 1. The lowest BCUT2D eigenvalue weighted by Gasteiger charge is -2.18. The topological polar surface area (TPSA) is 101 Å². The van der Waals surface area contributed by atoms with Crippen molar-refractivity contribution in [2.75, 3.05) is 5.73 Å². The third kappa shape index (κ3) is 2.85. The average molecular weight is 339 g/mol. The van der Waals surface area contributed by atoms with Crippen LogP contribution in [0.2, 0.25) is 0 Å². The van der Waals surface area contributed by atoms with Crippen LogP contribution in [-0.2, 0) is 0 Å². The van der Waals surface area contributed by atoms with Gasteiger partial charge in [0, 0.05) is 17.2 Å². The Labute approximate surface area is 145 Å². The maximum Gasteiger partial charge on any atom is 0.265 e. The first-order valence-corrected chi connectivity index (χ1v) is 8.13. The SMILES string of the molecule is CC(C)c1nc2c(C(C)O)c(O)ccc2c(=O)n1-c1ccc(N)cc1. The number of phenols is 1. The minimum Gasteiger partial charge on any atom is -0.507 e. The number of aromatic nitrogens is 2. The maximum absolute atomic E-state index is 13.2. The van der Waals surface area contributed by atoms with Crippen LogP contribution in [0.5, 0.6) is 5.75 Å². The summed E-state index contributed by atoms with van der Waals surface area (Å²) in [6.45, 7) is 5.41. The summed E-state index contributed by atoms with van der Waals surface area (Å²) in [5, 5.41) is 20.5. The average Bonchev–Trinajstić information content (AvgIpc) is 2.55. The van der Waals surface area contributed by atoms with E-state index in [9.17, 15) is 15.0 Å². The van der Waals surface area contributed by atoms with Crippen LogP contribution < -0.4 is 11.3 Å². The lowest BCUT2D eigenvalue weighted by Crippen LogP contribution is -2.25. The number of nitrogen functional groups attached to an aromatic ring is 1. The summed E-state index contributed by atoms with van der Waals surface area (Å²) in [5.74, 6) is 0.433. The minimum absolute atomic E-state index is 0.0427. The van der Waals surface area contributed by atoms with Crippen LogP contribution in [0.1, 0.15) is 44.2 Å². The van der Waals surface area contributed by atoms with E-state index in [2.05, 4.69) is 4.98 Å². The molecule has 2 aromatic carbocycles. The molecule has 0 bridgehead atoms. The van der Waals surface area contributed by atoms with E-state index in [1.165, 1.54) is 19.1 Å². The Balaban J connectivity index is 2.44. The molecule has 4 N–H and O–H groups in total. The van der Waals surface area contributed by atoms with Crippen molar-refractivity contribution >= 4 is 16.6 Å². The molecular formula is C19H21N3O3. The zero-order valence-corrected chi connectivity index (χ0v) is 14.4. The summed E-state index contributed by atoms with van der Waals surface area (Å²) in [6.07, 6.45) is -0.942. The molecule has 0 aliphatic heterocycles. The van der Waals surface area contributed by atoms with Gasteiger partial charge in [-0.15, -0.1) is 0 Å². The molecule has 6 nitrogen and oxygen atoms in total. The van der Waals surface area contributed by atoms with E-state index in [4.69, 9.17) is 5.73 Å². The highest BCUT2D eigenvalue weighted by atomic mass is 16.3. The van der Waals surface area contributed by atoms with E-state index in [-0.39, 0.29) is 22.8 Å². The summed E-state index contributed by atoms with van der Waals surface area (Å²) < 4.78 is 1.55. The number of anilines is 1. The number of aliphatic hydroxyl groups is 1. The van der Waals surface area contributed by atoms with Gasteiger partial charge in [-0.25, -0.2) is 4.98 Å².